The Kier molecular flexibility index (Phi) is 3.65. The van der Waals surface area contributed by atoms with Gasteiger partial charge in [-0.3, -0.25) is 14.3 Å². The van der Waals surface area contributed by atoms with Crippen LogP contribution >= 0.6 is 0 Å². The van der Waals surface area contributed by atoms with E-state index in [2.05, 4.69) is 15.4 Å². The van der Waals surface area contributed by atoms with Gasteiger partial charge in [0, 0.05) is 29.0 Å². The van der Waals surface area contributed by atoms with E-state index in [9.17, 15) is 9.59 Å². The Morgan fingerprint density at radius 2 is 2.08 bits per heavy atom. The van der Waals surface area contributed by atoms with Crippen molar-refractivity contribution in [2.24, 2.45) is 0 Å². The highest BCUT2D eigenvalue weighted by atomic mass is 16.2. The molecule has 0 radical (unpaired) electrons. The summed E-state index contributed by atoms with van der Waals surface area (Å²) in [4.78, 5) is 27.3. The highest BCUT2D eigenvalue weighted by Gasteiger charge is 2.16. The van der Waals surface area contributed by atoms with Gasteiger partial charge in [0.1, 0.15) is 6.54 Å². The van der Waals surface area contributed by atoms with Gasteiger partial charge in [0.05, 0.1) is 5.52 Å². The molecule has 0 saturated carbocycles. The standard InChI is InChI=1S/C18H18N4O2/c23-17(11-22-9-3-8-19-22)20-12-6-7-14-13-4-1-2-5-15(13)18(24)21-16(14)10-12/h3,6-10H,1-2,4-5,11H2,(H,20,23)(H,21,24). The quantitative estimate of drug-likeness (QED) is 0.776. The van der Waals surface area contributed by atoms with Gasteiger partial charge in [-0.05, 0) is 49.4 Å². The van der Waals surface area contributed by atoms with E-state index in [1.165, 1.54) is 0 Å². The van der Waals surface area contributed by atoms with E-state index in [4.69, 9.17) is 0 Å². The molecule has 6 nitrogen and oxygen atoms in total. The highest BCUT2D eigenvalue weighted by Crippen LogP contribution is 2.27. The number of anilines is 1. The maximum absolute atomic E-state index is 12.3. The molecule has 0 aliphatic heterocycles. The first kappa shape index (κ1) is 14.7. The molecule has 2 heterocycles. The first-order chi connectivity index (χ1) is 11.7. The molecule has 0 unspecified atom stereocenters. The number of H-pyrrole nitrogens is 1. The summed E-state index contributed by atoms with van der Waals surface area (Å²) in [6.45, 7) is 0.158. The van der Waals surface area contributed by atoms with Gasteiger partial charge in [0.25, 0.3) is 5.56 Å². The molecule has 0 saturated heterocycles. The zero-order valence-corrected chi connectivity index (χ0v) is 13.2. The summed E-state index contributed by atoms with van der Waals surface area (Å²) in [7, 11) is 0. The van der Waals surface area contributed by atoms with Crippen LogP contribution in [-0.4, -0.2) is 20.7 Å². The third-order valence-corrected chi connectivity index (χ3v) is 4.48. The smallest absolute Gasteiger partial charge is 0.251 e. The minimum Gasteiger partial charge on any atom is -0.324 e. The Morgan fingerprint density at radius 3 is 2.88 bits per heavy atom. The first-order valence-electron chi connectivity index (χ1n) is 8.16. The number of pyridine rings is 1. The van der Waals surface area contributed by atoms with Gasteiger partial charge >= 0.3 is 0 Å². The molecule has 1 aromatic carbocycles. The molecule has 6 heteroatoms. The second-order valence-electron chi connectivity index (χ2n) is 6.13. The molecule has 0 bridgehead atoms. The van der Waals surface area contributed by atoms with E-state index in [1.54, 1.807) is 23.1 Å². The Hall–Kier alpha value is -2.89. The molecular formula is C18H18N4O2. The van der Waals surface area contributed by atoms with Crippen molar-refractivity contribution in [3.05, 3.63) is 58.1 Å². The van der Waals surface area contributed by atoms with Crippen LogP contribution in [0.5, 0.6) is 0 Å². The zero-order valence-electron chi connectivity index (χ0n) is 13.2. The minimum atomic E-state index is -0.154. The van der Waals surface area contributed by atoms with Gasteiger partial charge in [-0.2, -0.15) is 5.10 Å². The topological polar surface area (TPSA) is 79.8 Å². The number of benzene rings is 1. The van der Waals surface area contributed by atoms with E-state index < -0.39 is 0 Å². The van der Waals surface area contributed by atoms with Gasteiger partial charge in [-0.25, -0.2) is 0 Å². The van der Waals surface area contributed by atoms with Crippen molar-refractivity contribution >= 4 is 22.5 Å². The number of amides is 1. The number of hydrogen-bond acceptors (Lipinski definition) is 3. The number of carbonyl (C=O) groups excluding carboxylic acids is 1. The summed E-state index contributed by atoms with van der Waals surface area (Å²) in [5, 5.41) is 7.94. The van der Waals surface area contributed by atoms with E-state index in [0.29, 0.717) is 5.69 Å². The number of nitrogens with zero attached hydrogens (tertiary/aromatic N) is 2. The number of nitrogens with one attached hydrogen (secondary N) is 2. The summed E-state index contributed by atoms with van der Waals surface area (Å²) in [5.74, 6) is -0.154. The Morgan fingerprint density at radius 1 is 1.25 bits per heavy atom. The fourth-order valence-corrected chi connectivity index (χ4v) is 3.38. The van der Waals surface area contributed by atoms with Gasteiger partial charge in [0.2, 0.25) is 5.91 Å². The molecule has 122 valence electrons. The van der Waals surface area contributed by atoms with E-state index in [-0.39, 0.29) is 18.0 Å². The number of rotatable bonds is 3. The third kappa shape index (κ3) is 2.71. The lowest BCUT2D eigenvalue weighted by Gasteiger charge is -2.17. The van der Waals surface area contributed by atoms with Crippen LogP contribution in [0.2, 0.25) is 0 Å². The molecule has 2 N–H and O–H groups in total. The maximum atomic E-state index is 12.3. The van der Waals surface area contributed by atoms with Crippen LogP contribution in [0, 0.1) is 0 Å². The average molecular weight is 322 g/mol. The molecule has 4 rings (SSSR count). The summed E-state index contributed by atoms with van der Waals surface area (Å²) in [6.07, 6.45) is 7.36. The first-order valence-corrected chi connectivity index (χ1v) is 8.16. The van der Waals surface area contributed by atoms with Crippen LogP contribution in [0.1, 0.15) is 24.0 Å². The predicted molar refractivity (Wildman–Crippen MR) is 92.1 cm³/mol. The SMILES string of the molecule is O=C(Cn1cccn1)Nc1ccc2c3c(c(=O)[nH]c2c1)CCCC3. The largest absolute Gasteiger partial charge is 0.324 e. The Bertz CT molecular complexity index is 957. The van der Waals surface area contributed by atoms with Gasteiger partial charge in [-0.15, -0.1) is 0 Å². The molecule has 0 fully saturated rings. The van der Waals surface area contributed by atoms with Crippen LogP contribution in [0.15, 0.2) is 41.5 Å². The number of hydrogen-bond donors (Lipinski definition) is 2. The Labute approximate surface area is 138 Å². The molecule has 1 aliphatic rings. The molecule has 0 spiro atoms. The van der Waals surface area contributed by atoms with Crippen molar-refractivity contribution in [3.63, 3.8) is 0 Å². The van der Waals surface area contributed by atoms with Crippen molar-refractivity contribution < 1.29 is 4.79 Å². The van der Waals surface area contributed by atoms with Crippen molar-refractivity contribution in [2.75, 3.05) is 5.32 Å². The second kappa shape index (κ2) is 5.96. The number of aromatic nitrogens is 3. The summed E-state index contributed by atoms with van der Waals surface area (Å²) < 4.78 is 1.56. The summed E-state index contributed by atoms with van der Waals surface area (Å²) in [6, 6.07) is 7.47. The van der Waals surface area contributed by atoms with Crippen molar-refractivity contribution in [2.45, 2.75) is 32.2 Å². The minimum absolute atomic E-state index is 0.00258. The lowest BCUT2D eigenvalue weighted by molar-refractivity contribution is -0.116. The number of fused-ring (bicyclic) bond motifs is 3. The fraction of sp³-hybridized carbons (Fsp3) is 0.278. The second-order valence-corrected chi connectivity index (χ2v) is 6.13. The molecule has 24 heavy (non-hydrogen) atoms. The van der Waals surface area contributed by atoms with E-state index >= 15 is 0 Å². The monoisotopic (exact) mass is 322 g/mol. The lowest BCUT2D eigenvalue weighted by Crippen LogP contribution is -2.20. The lowest BCUT2D eigenvalue weighted by atomic mass is 9.90. The fourth-order valence-electron chi connectivity index (χ4n) is 3.38. The molecule has 0 atom stereocenters. The normalized spacial score (nSPS) is 13.7. The van der Waals surface area contributed by atoms with Crippen molar-refractivity contribution in [1.29, 1.82) is 0 Å². The van der Waals surface area contributed by atoms with Crippen LogP contribution in [0.4, 0.5) is 5.69 Å². The van der Waals surface area contributed by atoms with Crippen LogP contribution in [0.3, 0.4) is 0 Å². The summed E-state index contributed by atoms with van der Waals surface area (Å²) in [5.41, 5.74) is 3.53. The molecule has 3 aromatic rings. The summed E-state index contributed by atoms with van der Waals surface area (Å²) >= 11 is 0. The van der Waals surface area contributed by atoms with E-state index in [0.717, 1.165) is 47.7 Å². The molecule has 1 amide bonds. The highest BCUT2D eigenvalue weighted by molar-refractivity contribution is 5.94. The van der Waals surface area contributed by atoms with Crippen LogP contribution in [0.25, 0.3) is 10.9 Å². The zero-order chi connectivity index (χ0) is 16.5. The van der Waals surface area contributed by atoms with Crippen molar-refractivity contribution in [3.8, 4) is 0 Å². The molecule has 1 aliphatic carbocycles. The van der Waals surface area contributed by atoms with Crippen LogP contribution < -0.4 is 10.9 Å². The van der Waals surface area contributed by atoms with Gasteiger partial charge < -0.3 is 10.3 Å². The predicted octanol–water partition coefficient (Wildman–Crippen LogP) is 2.24. The van der Waals surface area contributed by atoms with Gasteiger partial charge in [-0.1, -0.05) is 6.07 Å². The van der Waals surface area contributed by atoms with Gasteiger partial charge in [0.15, 0.2) is 0 Å². The van der Waals surface area contributed by atoms with Crippen LogP contribution in [-0.2, 0) is 24.2 Å². The molecular weight excluding hydrogens is 304 g/mol. The molecule has 2 aromatic heterocycles. The number of aromatic amines is 1. The maximum Gasteiger partial charge on any atom is 0.251 e. The third-order valence-electron chi connectivity index (χ3n) is 4.48. The average Bonchev–Trinajstić information content (AvgIpc) is 3.08. The Balaban J connectivity index is 1.64. The van der Waals surface area contributed by atoms with E-state index in [1.807, 2.05) is 18.2 Å². The van der Waals surface area contributed by atoms with Crippen molar-refractivity contribution in [1.82, 2.24) is 14.8 Å². The number of aryl methyl sites for hydroxylation is 1. The number of carbonyl (C=O) groups is 1.